The largest absolute Gasteiger partial charge is 0.496 e. The summed E-state index contributed by atoms with van der Waals surface area (Å²) in [4.78, 5) is 20.2. The van der Waals surface area contributed by atoms with Crippen molar-refractivity contribution in [2.45, 2.75) is 45.6 Å². The summed E-state index contributed by atoms with van der Waals surface area (Å²) >= 11 is 4.77. The fraction of sp³-hybridized carbons (Fsp3) is 0.360. The van der Waals surface area contributed by atoms with Crippen molar-refractivity contribution in [3.05, 3.63) is 56.9 Å². The van der Waals surface area contributed by atoms with Gasteiger partial charge in [0.15, 0.2) is 5.17 Å². The lowest BCUT2D eigenvalue weighted by Crippen LogP contribution is -2.48. The number of hydrogen-bond acceptors (Lipinski definition) is 5. The number of amidine groups is 1. The van der Waals surface area contributed by atoms with Gasteiger partial charge in [0.05, 0.1) is 17.7 Å². The van der Waals surface area contributed by atoms with Crippen LogP contribution in [-0.4, -0.2) is 30.3 Å². The molecule has 32 heavy (non-hydrogen) atoms. The van der Waals surface area contributed by atoms with Gasteiger partial charge in [-0.15, -0.1) is 0 Å². The zero-order valence-electron chi connectivity index (χ0n) is 19.0. The molecule has 0 aromatic heterocycles. The highest BCUT2D eigenvalue weighted by molar-refractivity contribution is 9.10. The Morgan fingerprint density at radius 2 is 2.03 bits per heavy atom. The molecular formula is C25H28BrN3O2S. The van der Waals surface area contributed by atoms with E-state index in [4.69, 9.17) is 4.74 Å². The van der Waals surface area contributed by atoms with E-state index in [9.17, 15) is 4.79 Å². The first-order valence-electron chi connectivity index (χ1n) is 10.8. The molecule has 0 saturated carbocycles. The summed E-state index contributed by atoms with van der Waals surface area (Å²) in [5.74, 6) is 1.05. The molecule has 168 valence electrons. The highest BCUT2D eigenvalue weighted by atomic mass is 79.9. The Balaban J connectivity index is 1.69. The standard InChI is InChI=1S/C25H28BrN3O2S/c1-6-29-20-13-21(31-5)16(11-19(20)15(2)14-25(29,3)4)12-22-23(30)28-24(32-22)27-18-9-7-17(26)8-10-18/h7-13,15H,6,14H2,1-5H3,(H,27,28,30)/b22-12+. The number of nitrogens with one attached hydrogen (secondary N) is 1. The second-order valence-corrected chi connectivity index (χ2v) is 10.7. The van der Waals surface area contributed by atoms with Gasteiger partial charge in [-0.1, -0.05) is 22.9 Å². The summed E-state index contributed by atoms with van der Waals surface area (Å²) in [7, 11) is 1.68. The first-order chi connectivity index (χ1) is 15.2. The second-order valence-electron chi connectivity index (χ2n) is 8.77. The van der Waals surface area contributed by atoms with Crippen LogP contribution < -0.4 is 15.0 Å². The van der Waals surface area contributed by atoms with Crippen LogP contribution in [0.5, 0.6) is 5.75 Å². The van der Waals surface area contributed by atoms with Gasteiger partial charge >= 0.3 is 0 Å². The molecular weight excluding hydrogens is 486 g/mol. The molecule has 1 saturated heterocycles. The number of rotatable bonds is 4. The minimum atomic E-state index is -0.144. The minimum absolute atomic E-state index is 0.0890. The molecule has 2 aliphatic rings. The summed E-state index contributed by atoms with van der Waals surface area (Å²) in [5, 5.41) is 3.44. The maximum atomic E-state index is 12.6. The lowest BCUT2D eigenvalue weighted by atomic mass is 9.79. The van der Waals surface area contributed by atoms with E-state index in [1.54, 1.807) is 7.11 Å². The molecule has 1 amide bonds. The van der Waals surface area contributed by atoms with Gasteiger partial charge in [-0.2, -0.15) is 0 Å². The number of ether oxygens (including phenoxy) is 1. The van der Waals surface area contributed by atoms with Crippen LogP contribution in [0.4, 0.5) is 11.4 Å². The van der Waals surface area contributed by atoms with E-state index in [0.29, 0.717) is 16.0 Å². The summed E-state index contributed by atoms with van der Waals surface area (Å²) < 4.78 is 6.73. The van der Waals surface area contributed by atoms with Gasteiger partial charge in [0, 0.05) is 33.9 Å². The highest BCUT2D eigenvalue weighted by Gasteiger charge is 2.36. The second kappa shape index (κ2) is 8.94. The number of hydrogen-bond donors (Lipinski definition) is 1. The fourth-order valence-electron chi connectivity index (χ4n) is 4.67. The smallest absolute Gasteiger partial charge is 0.264 e. The van der Waals surface area contributed by atoms with Crippen LogP contribution in [0.25, 0.3) is 6.08 Å². The van der Waals surface area contributed by atoms with E-state index in [1.165, 1.54) is 23.0 Å². The van der Waals surface area contributed by atoms with Gasteiger partial charge in [0.1, 0.15) is 5.75 Å². The number of halogens is 1. The molecule has 2 aromatic rings. The van der Waals surface area contributed by atoms with E-state index in [2.05, 4.69) is 71.0 Å². The van der Waals surface area contributed by atoms with Crippen molar-refractivity contribution >= 4 is 56.2 Å². The monoisotopic (exact) mass is 513 g/mol. The predicted octanol–water partition coefficient (Wildman–Crippen LogP) is 6.46. The lowest BCUT2D eigenvalue weighted by Gasteiger charge is -2.47. The van der Waals surface area contributed by atoms with Gasteiger partial charge in [0.2, 0.25) is 0 Å². The Kier molecular flexibility index (Phi) is 6.41. The van der Waals surface area contributed by atoms with E-state index in [-0.39, 0.29) is 11.4 Å². The van der Waals surface area contributed by atoms with Crippen LogP contribution in [0.15, 0.2) is 50.8 Å². The van der Waals surface area contributed by atoms with Crippen molar-refractivity contribution in [1.29, 1.82) is 0 Å². The molecule has 0 spiro atoms. The molecule has 4 rings (SSSR count). The quantitative estimate of drug-likeness (QED) is 0.476. The van der Waals surface area contributed by atoms with Crippen LogP contribution in [0.3, 0.4) is 0 Å². The topological polar surface area (TPSA) is 53.9 Å². The summed E-state index contributed by atoms with van der Waals surface area (Å²) in [6.07, 6.45) is 2.99. The van der Waals surface area contributed by atoms with E-state index in [0.717, 1.165) is 34.4 Å². The molecule has 1 N–H and O–H groups in total. The Labute approximate surface area is 202 Å². The number of benzene rings is 2. The number of aliphatic imine (C=N–C) groups is 1. The number of fused-ring (bicyclic) bond motifs is 1. The lowest BCUT2D eigenvalue weighted by molar-refractivity contribution is -0.115. The van der Waals surface area contributed by atoms with Gasteiger partial charge in [-0.25, -0.2) is 4.99 Å². The van der Waals surface area contributed by atoms with E-state index >= 15 is 0 Å². The molecule has 0 radical (unpaired) electrons. The number of amides is 1. The maximum Gasteiger partial charge on any atom is 0.264 e. The number of carbonyl (C=O) groups is 1. The highest BCUT2D eigenvalue weighted by Crippen LogP contribution is 2.46. The summed E-state index contributed by atoms with van der Waals surface area (Å²) in [6, 6.07) is 12.0. The van der Waals surface area contributed by atoms with Crippen LogP contribution >= 0.6 is 27.7 Å². The zero-order valence-corrected chi connectivity index (χ0v) is 21.4. The number of nitrogens with zero attached hydrogens (tertiary/aromatic N) is 2. The average Bonchev–Trinajstić information content (AvgIpc) is 3.08. The number of thioether (sulfide) groups is 1. The minimum Gasteiger partial charge on any atom is -0.496 e. The van der Waals surface area contributed by atoms with Crippen molar-refractivity contribution in [1.82, 2.24) is 5.32 Å². The molecule has 2 aromatic carbocycles. The maximum absolute atomic E-state index is 12.6. The third kappa shape index (κ3) is 4.46. The van der Waals surface area contributed by atoms with Crippen LogP contribution in [0.1, 0.15) is 51.2 Å². The SMILES string of the molecule is CCN1c2cc(OC)c(/C=C3/SC(=Nc4ccc(Br)cc4)NC3=O)cc2C(C)CC1(C)C. The molecule has 1 unspecified atom stereocenters. The molecule has 5 nitrogen and oxygen atoms in total. The Bertz CT molecular complexity index is 1110. The molecule has 0 aliphatic carbocycles. The van der Waals surface area contributed by atoms with E-state index < -0.39 is 0 Å². The molecule has 0 bridgehead atoms. The molecule has 2 aliphatic heterocycles. The van der Waals surface area contributed by atoms with Crippen molar-refractivity contribution < 1.29 is 9.53 Å². The zero-order chi connectivity index (χ0) is 23.0. The van der Waals surface area contributed by atoms with Crippen molar-refractivity contribution in [3.63, 3.8) is 0 Å². The third-order valence-electron chi connectivity index (χ3n) is 6.05. The van der Waals surface area contributed by atoms with Crippen molar-refractivity contribution in [3.8, 4) is 5.75 Å². The van der Waals surface area contributed by atoms with Gasteiger partial charge < -0.3 is 15.0 Å². The molecule has 1 atom stereocenters. The summed E-state index contributed by atoms with van der Waals surface area (Å²) in [5.41, 5.74) is 4.31. The Hall–Kier alpha value is -2.25. The number of carbonyl (C=O) groups excluding carboxylic acids is 1. The van der Waals surface area contributed by atoms with Crippen LogP contribution in [0.2, 0.25) is 0 Å². The fourth-order valence-corrected chi connectivity index (χ4v) is 5.77. The average molecular weight is 514 g/mol. The van der Waals surface area contributed by atoms with Crippen LogP contribution in [0, 0.1) is 0 Å². The van der Waals surface area contributed by atoms with Gasteiger partial charge in [0.25, 0.3) is 5.91 Å². The normalized spacial score (nSPS) is 22.2. The van der Waals surface area contributed by atoms with Crippen molar-refractivity contribution in [2.24, 2.45) is 4.99 Å². The third-order valence-corrected chi connectivity index (χ3v) is 7.49. The number of anilines is 1. The molecule has 7 heteroatoms. The summed E-state index contributed by atoms with van der Waals surface area (Å²) in [6.45, 7) is 9.99. The Morgan fingerprint density at radius 3 is 2.69 bits per heavy atom. The van der Waals surface area contributed by atoms with Gasteiger partial charge in [-0.3, -0.25) is 4.79 Å². The molecule has 2 heterocycles. The van der Waals surface area contributed by atoms with Gasteiger partial charge in [-0.05, 0) is 86.8 Å². The number of methoxy groups -OCH3 is 1. The first-order valence-corrected chi connectivity index (χ1v) is 12.4. The van der Waals surface area contributed by atoms with Crippen molar-refractivity contribution in [2.75, 3.05) is 18.6 Å². The molecule has 1 fully saturated rings. The van der Waals surface area contributed by atoms with Crippen LogP contribution in [-0.2, 0) is 4.79 Å². The first kappa shape index (κ1) is 22.9. The van der Waals surface area contributed by atoms with E-state index in [1.807, 2.05) is 30.3 Å². The predicted molar refractivity (Wildman–Crippen MR) is 138 cm³/mol. The Morgan fingerprint density at radius 1 is 1.31 bits per heavy atom.